The predicted molar refractivity (Wildman–Crippen MR) is 170 cm³/mol. The first-order valence-electron chi connectivity index (χ1n) is 12.9. The third-order valence-electron chi connectivity index (χ3n) is 5.15. The van der Waals surface area contributed by atoms with Crippen molar-refractivity contribution in [3.05, 3.63) is 77.1 Å². The SMILES string of the molecule is CCOC(OCC)C1=C(C=Nc2ccncc2)S/C(=C2\SC(C=Nc3ccncc3)=C(C(OCC)OCC)S2)S1. The lowest BCUT2D eigenvalue weighted by Gasteiger charge is -2.18. The molecule has 2 aromatic heterocycles. The van der Waals surface area contributed by atoms with E-state index >= 15 is 0 Å². The quantitative estimate of drug-likeness (QED) is 0.154. The molecule has 2 aliphatic rings. The molecule has 212 valence electrons. The van der Waals surface area contributed by atoms with Crippen LogP contribution in [0.5, 0.6) is 0 Å². The maximum atomic E-state index is 5.99. The lowest BCUT2D eigenvalue weighted by Crippen LogP contribution is -2.19. The molecule has 0 atom stereocenters. The number of hydrogen-bond acceptors (Lipinski definition) is 12. The molecule has 4 heterocycles. The zero-order chi connectivity index (χ0) is 28.2. The van der Waals surface area contributed by atoms with Crippen LogP contribution < -0.4 is 0 Å². The summed E-state index contributed by atoms with van der Waals surface area (Å²) < 4.78 is 26.2. The van der Waals surface area contributed by atoms with Crippen LogP contribution in [0.25, 0.3) is 0 Å². The molecule has 0 saturated heterocycles. The summed E-state index contributed by atoms with van der Waals surface area (Å²) in [7, 11) is 0. The topological polar surface area (TPSA) is 87.4 Å². The molecule has 0 saturated carbocycles. The van der Waals surface area contributed by atoms with Crippen molar-refractivity contribution in [2.24, 2.45) is 9.98 Å². The molecule has 0 aromatic carbocycles. The second-order valence-corrected chi connectivity index (χ2v) is 12.6. The Morgan fingerprint density at radius 2 is 0.950 bits per heavy atom. The average molecular weight is 617 g/mol. The molecule has 0 N–H and O–H groups in total. The van der Waals surface area contributed by atoms with Gasteiger partial charge in [-0.1, -0.05) is 47.0 Å². The summed E-state index contributed by atoms with van der Waals surface area (Å²) in [5.41, 5.74) is 1.66. The van der Waals surface area contributed by atoms with Gasteiger partial charge in [-0.25, -0.2) is 0 Å². The smallest absolute Gasteiger partial charge is 0.191 e. The van der Waals surface area contributed by atoms with Crippen LogP contribution in [-0.4, -0.2) is 61.4 Å². The number of aromatic nitrogens is 2. The van der Waals surface area contributed by atoms with Gasteiger partial charge in [-0.15, -0.1) is 0 Å². The van der Waals surface area contributed by atoms with Gasteiger partial charge in [-0.05, 0) is 52.0 Å². The fourth-order valence-electron chi connectivity index (χ4n) is 3.45. The van der Waals surface area contributed by atoms with Crippen molar-refractivity contribution in [3.63, 3.8) is 0 Å². The number of allylic oxidation sites excluding steroid dienone is 2. The van der Waals surface area contributed by atoms with Crippen molar-refractivity contribution < 1.29 is 18.9 Å². The van der Waals surface area contributed by atoms with E-state index in [-0.39, 0.29) is 0 Å². The summed E-state index contributed by atoms with van der Waals surface area (Å²) in [6.45, 7) is 10.0. The van der Waals surface area contributed by atoms with Crippen LogP contribution in [0.3, 0.4) is 0 Å². The normalized spacial score (nSPS) is 18.1. The molecular formula is C28H32N4O4S4. The van der Waals surface area contributed by atoms with Crippen LogP contribution in [-0.2, 0) is 18.9 Å². The van der Waals surface area contributed by atoms with Crippen LogP contribution in [0.15, 0.2) is 87.1 Å². The summed E-state index contributed by atoms with van der Waals surface area (Å²) in [4.78, 5) is 21.5. The molecule has 0 fully saturated rings. The second kappa shape index (κ2) is 16.5. The Morgan fingerprint density at radius 3 is 1.27 bits per heavy atom. The van der Waals surface area contributed by atoms with E-state index in [4.69, 9.17) is 28.9 Å². The Bertz CT molecular complexity index is 1160. The van der Waals surface area contributed by atoms with E-state index in [0.29, 0.717) is 26.4 Å². The van der Waals surface area contributed by atoms with Crippen LogP contribution in [0.1, 0.15) is 27.7 Å². The summed E-state index contributed by atoms with van der Waals surface area (Å²) >= 11 is 6.66. The van der Waals surface area contributed by atoms with E-state index in [9.17, 15) is 0 Å². The Kier molecular flexibility index (Phi) is 12.8. The maximum Gasteiger partial charge on any atom is 0.191 e. The summed E-state index contributed by atoms with van der Waals surface area (Å²) in [6, 6.07) is 7.50. The molecular weight excluding hydrogens is 585 g/mol. The predicted octanol–water partition coefficient (Wildman–Crippen LogP) is 7.89. The number of hydrogen-bond donors (Lipinski definition) is 0. The second-order valence-electron chi connectivity index (χ2n) is 7.85. The minimum Gasteiger partial charge on any atom is -0.348 e. The summed E-state index contributed by atoms with van der Waals surface area (Å²) in [5, 5.41) is 0. The fraction of sp³-hybridized carbons (Fsp3) is 0.357. The first-order chi connectivity index (χ1) is 19.7. The third kappa shape index (κ3) is 8.56. The molecule has 2 aliphatic heterocycles. The van der Waals surface area contributed by atoms with E-state index < -0.39 is 12.6 Å². The average Bonchev–Trinajstić information content (AvgIpc) is 3.60. The van der Waals surface area contributed by atoms with Gasteiger partial charge in [-0.2, -0.15) is 0 Å². The van der Waals surface area contributed by atoms with Crippen LogP contribution >= 0.6 is 47.0 Å². The van der Waals surface area contributed by atoms with E-state index in [1.807, 2.05) is 64.4 Å². The van der Waals surface area contributed by atoms with Crippen molar-refractivity contribution in [1.82, 2.24) is 9.97 Å². The number of rotatable bonds is 14. The molecule has 8 nitrogen and oxygen atoms in total. The van der Waals surface area contributed by atoms with Gasteiger partial charge in [0, 0.05) is 73.5 Å². The lowest BCUT2D eigenvalue weighted by atomic mass is 10.4. The fourth-order valence-corrected chi connectivity index (χ4v) is 8.87. The maximum absolute atomic E-state index is 5.99. The molecule has 4 rings (SSSR count). The highest BCUT2D eigenvalue weighted by molar-refractivity contribution is 8.34. The third-order valence-corrected chi connectivity index (χ3v) is 10.8. The van der Waals surface area contributed by atoms with Crippen LogP contribution in [0, 0.1) is 0 Å². The zero-order valence-electron chi connectivity index (χ0n) is 22.8. The van der Waals surface area contributed by atoms with Gasteiger partial charge in [0.25, 0.3) is 0 Å². The van der Waals surface area contributed by atoms with Gasteiger partial charge < -0.3 is 18.9 Å². The minimum absolute atomic E-state index is 0.472. The minimum atomic E-state index is -0.472. The highest BCUT2D eigenvalue weighted by atomic mass is 32.2. The van der Waals surface area contributed by atoms with Crippen LogP contribution in [0.4, 0.5) is 11.4 Å². The Balaban J connectivity index is 1.66. The molecule has 0 unspecified atom stereocenters. The Hall–Kier alpha value is -1.90. The molecule has 0 amide bonds. The first kappa shape index (κ1) is 31.0. The Labute approximate surface area is 252 Å². The summed E-state index contributed by atoms with van der Waals surface area (Å²) in [6.07, 6.45) is 9.75. The van der Waals surface area contributed by atoms with Gasteiger partial charge in [0.2, 0.25) is 0 Å². The standard InChI is InChI=1S/C28H32N4O4S4/c1-5-33-25(34-6-2)23-21(17-31-19-9-13-29-14-10-19)37-27(39-23)28-38-22(18-32-20-11-15-30-16-12-20)24(40-28)26(35-7-3)36-8-4/h9-18,25-26H,5-8H2,1-4H3/b28-27-,31-17?,32-18?. The molecule has 12 heteroatoms. The van der Waals surface area contributed by atoms with E-state index in [1.54, 1.807) is 71.8 Å². The number of thioether (sulfide) groups is 4. The van der Waals surface area contributed by atoms with E-state index in [1.165, 1.54) is 0 Å². The van der Waals surface area contributed by atoms with Crippen molar-refractivity contribution in [2.45, 2.75) is 40.3 Å². The monoisotopic (exact) mass is 616 g/mol. The number of aliphatic imine (C=N–C) groups is 2. The van der Waals surface area contributed by atoms with Crippen molar-refractivity contribution >= 4 is 70.9 Å². The number of pyridine rings is 2. The van der Waals surface area contributed by atoms with Gasteiger partial charge in [0.05, 0.1) is 29.7 Å². The van der Waals surface area contributed by atoms with Gasteiger partial charge in [0.15, 0.2) is 12.6 Å². The Morgan fingerprint density at radius 1 is 0.600 bits per heavy atom. The molecule has 2 aromatic rings. The highest BCUT2D eigenvalue weighted by Gasteiger charge is 2.35. The first-order valence-corrected chi connectivity index (χ1v) is 16.2. The molecule has 40 heavy (non-hydrogen) atoms. The number of ether oxygens (including phenoxy) is 4. The summed E-state index contributed by atoms with van der Waals surface area (Å²) in [5.74, 6) is 0. The molecule has 0 spiro atoms. The lowest BCUT2D eigenvalue weighted by molar-refractivity contribution is -0.106. The van der Waals surface area contributed by atoms with E-state index in [2.05, 4.69) is 9.97 Å². The molecule has 0 aliphatic carbocycles. The van der Waals surface area contributed by atoms with E-state index in [0.717, 1.165) is 39.5 Å². The number of nitrogens with zero attached hydrogens (tertiary/aromatic N) is 4. The van der Waals surface area contributed by atoms with Crippen molar-refractivity contribution in [2.75, 3.05) is 26.4 Å². The van der Waals surface area contributed by atoms with Gasteiger partial charge in [-0.3, -0.25) is 20.0 Å². The van der Waals surface area contributed by atoms with Crippen molar-refractivity contribution in [3.8, 4) is 0 Å². The zero-order valence-corrected chi connectivity index (χ0v) is 26.1. The van der Waals surface area contributed by atoms with Crippen LogP contribution in [0.2, 0.25) is 0 Å². The molecule has 0 bridgehead atoms. The molecule has 0 radical (unpaired) electrons. The van der Waals surface area contributed by atoms with Gasteiger partial charge >= 0.3 is 0 Å². The largest absolute Gasteiger partial charge is 0.348 e. The van der Waals surface area contributed by atoms with Crippen molar-refractivity contribution in [1.29, 1.82) is 0 Å². The highest BCUT2D eigenvalue weighted by Crippen LogP contribution is 2.60. The van der Waals surface area contributed by atoms with Gasteiger partial charge in [0.1, 0.15) is 0 Å².